The van der Waals surface area contributed by atoms with Gasteiger partial charge in [0.05, 0.1) is 5.56 Å². The number of hydrogen-bond donors (Lipinski definition) is 0. The third-order valence-electron chi connectivity index (χ3n) is 4.80. The Kier molecular flexibility index (Phi) is 4.43. The number of nitroso groups, excluding NO2 is 1. The minimum absolute atomic E-state index is 0.0383. The molecular formula is C19H18F3NO. The van der Waals surface area contributed by atoms with Crippen molar-refractivity contribution >= 4 is 5.69 Å². The van der Waals surface area contributed by atoms with Crippen LogP contribution in [-0.4, -0.2) is 0 Å². The van der Waals surface area contributed by atoms with Crippen molar-refractivity contribution in [3.8, 4) is 0 Å². The molecule has 1 aromatic carbocycles. The van der Waals surface area contributed by atoms with Crippen molar-refractivity contribution in [1.82, 2.24) is 0 Å². The van der Waals surface area contributed by atoms with Gasteiger partial charge in [-0.25, -0.2) is 0 Å². The SMILES string of the molecule is CC1=CCC(Cc2ccc(N=O)cc2C(F)(F)F)C2=C1CCC=C2. The van der Waals surface area contributed by atoms with Crippen molar-refractivity contribution in [3.05, 3.63) is 69.2 Å². The topological polar surface area (TPSA) is 29.4 Å². The molecule has 0 spiro atoms. The van der Waals surface area contributed by atoms with Crippen molar-refractivity contribution in [2.45, 2.75) is 38.8 Å². The number of benzene rings is 1. The third kappa shape index (κ3) is 3.21. The smallest absolute Gasteiger partial charge is 0.166 e. The lowest BCUT2D eigenvalue weighted by Crippen LogP contribution is -2.17. The molecular weight excluding hydrogens is 315 g/mol. The molecule has 0 heterocycles. The van der Waals surface area contributed by atoms with Crippen LogP contribution in [-0.2, 0) is 12.6 Å². The van der Waals surface area contributed by atoms with E-state index in [-0.39, 0.29) is 17.2 Å². The molecule has 24 heavy (non-hydrogen) atoms. The molecule has 5 heteroatoms. The van der Waals surface area contributed by atoms with Gasteiger partial charge in [0, 0.05) is 0 Å². The van der Waals surface area contributed by atoms with E-state index in [1.165, 1.54) is 23.3 Å². The quantitative estimate of drug-likeness (QED) is 0.600. The molecule has 0 saturated heterocycles. The number of halogens is 3. The van der Waals surface area contributed by atoms with Crippen molar-refractivity contribution in [2.24, 2.45) is 11.1 Å². The maximum absolute atomic E-state index is 13.3. The summed E-state index contributed by atoms with van der Waals surface area (Å²) in [7, 11) is 0. The second-order valence-electron chi connectivity index (χ2n) is 6.33. The fraction of sp³-hybridized carbons (Fsp3) is 0.368. The molecule has 2 aliphatic rings. The summed E-state index contributed by atoms with van der Waals surface area (Å²) in [5, 5.41) is 2.63. The Bertz CT molecular complexity index is 756. The van der Waals surface area contributed by atoms with Crippen LogP contribution in [0.2, 0.25) is 0 Å². The fourth-order valence-electron chi connectivity index (χ4n) is 3.58. The zero-order chi connectivity index (χ0) is 17.3. The molecule has 0 bridgehead atoms. The maximum Gasteiger partial charge on any atom is 0.416 e. The van der Waals surface area contributed by atoms with Crippen LogP contribution in [0, 0.1) is 10.8 Å². The predicted molar refractivity (Wildman–Crippen MR) is 87.9 cm³/mol. The van der Waals surface area contributed by atoms with E-state index in [1.54, 1.807) is 0 Å². The van der Waals surface area contributed by atoms with Crippen LogP contribution in [0.1, 0.15) is 37.3 Å². The summed E-state index contributed by atoms with van der Waals surface area (Å²) in [6.45, 7) is 2.07. The molecule has 1 aromatic rings. The van der Waals surface area contributed by atoms with Gasteiger partial charge in [0.15, 0.2) is 0 Å². The molecule has 2 nitrogen and oxygen atoms in total. The Morgan fingerprint density at radius 2 is 2.08 bits per heavy atom. The van der Waals surface area contributed by atoms with E-state index in [9.17, 15) is 18.1 Å². The number of allylic oxidation sites excluding steroid dienone is 6. The van der Waals surface area contributed by atoms with Gasteiger partial charge >= 0.3 is 6.18 Å². The molecule has 0 N–H and O–H groups in total. The average molecular weight is 333 g/mol. The van der Waals surface area contributed by atoms with Crippen molar-refractivity contribution in [2.75, 3.05) is 0 Å². The summed E-state index contributed by atoms with van der Waals surface area (Å²) in [6.07, 6.45) is 4.76. The van der Waals surface area contributed by atoms with Gasteiger partial charge in [0.2, 0.25) is 0 Å². The summed E-state index contributed by atoms with van der Waals surface area (Å²) >= 11 is 0. The standard InChI is InChI=1S/C19H18F3NO/c1-12-6-7-13(17-5-3-2-4-16(12)17)10-14-8-9-15(23-24)11-18(14)19(20,21)22/h3,5-6,8-9,11,13H,2,4,7,10H2,1H3. The van der Waals surface area contributed by atoms with Gasteiger partial charge in [-0.15, -0.1) is 4.91 Å². The normalized spacial score (nSPS) is 20.7. The van der Waals surface area contributed by atoms with Crippen molar-refractivity contribution in [1.29, 1.82) is 0 Å². The van der Waals surface area contributed by atoms with Crippen LogP contribution in [0.25, 0.3) is 0 Å². The number of hydrogen-bond acceptors (Lipinski definition) is 2. The summed E-state index contributed by atoms with van der Waals surface area (Å²) in [4.78, 5) is 10.6. The van der Waals surface area contributed by atoms with Crippen LogP contribution in [0.15, 0.2) is 58.3 Å². The highest BCUT2D eigenvalue weighted by molar-refractivity contribution is 5.49. The Balaban J connectivity index is 1.96. The molecule has 126 valence electrons. The lowest BCUT2D eigenvalue weighted by Gasteiger charge is -2.29. The number of rotatable bonds is 3. The largest absolute Gasteiger partial charge is 0.416 e. The predicted octanol–water partition coefficient (Wildman–Crippen LogP) is 6.26. The van der Waals surface area contributed by atoms with E-state index >= 15 is 0 Å². The van der Waals surface area contributed by atoms with E-state index in [1.807, 2.05) is 0 Å². The minimum atomic E-state index is -4.49. The van der Waals surface area contributed by atoms with Crippen LogP contribution >= 0.6 is 0 Å². The van der Waals surface area contributed by atoms with Crippen LogP contribution < -0.4 is 0 Å². The van der Waals surface area contributed by atoms with E-state index in [0.29, 0.717) is 6.42 Å². The molecule has 0 aromatic heterocycles. The molecule has 0 saturated carbocycles. The first-order valence-electron chi connectivity index (χ1n) is 8.00. The Labute approximate surface area is 138 Å². The second kappa shape index (κ2) is 6.38. The van der Waals surface area contributed by atoms with Gasteiger partial charge < -0.3 is 0 Å². The minimum Gasteiger partial charge on any atom is -0.166 e. The second-order valence-corrected chi connectivity index (χ2v) is 6.33. The van der Waals surface area contributed by atoms with E-state index in [2.05, 4.69) is 30.3 Å². The first-order chi connectivity index (χ1) is 11.4. The first-order valence-corrected chi connectivity index (χ1v) is 8.00. The van der Waals surface area contributed by atoms with Gasteiger partial charge in [-0.1, -0.05) is 29.9 Å². The van der Waals surface area contributed by atoms with Crippen LogP contribution in [0.4, 0.5) is 18.9 Å². The highest BCUT2D eigenvalue weighted by Gasteiger charge is 2.35. The molecule has 0 aliphatic heterocycles. The third-order valence-corrected chi connectivity index (χ3v) is 4.80. The first kappa shape index (κ1) is 16.7. The molecule has 2 aliphatic carbocycles. The molecule has 3 rings (SSSR count). The van der Waals surface area contributed by atoms with Crippen molar-refractivity contribution < 1.29 is 13.2 Å². The molecule has 1 unspecified atom stereocenters. The highest BCUT2D eigenvalue weighted by Crippen LogP contribution is 2.40. The summed E-state index contributed by atoms with van der Waals surface area (Å²) in [5.74, 6) is 0.0383. The lowest BCUT2D eigenvalue weighted by atomic mass is 9.76. The Morgan fingerprint density at radius 1 is 1.29 bits per heavy atom. The molecule has 0 fully saturated rings. The van der Waals surface area contributed by atoms with E-state index in [4.69, 9.17) is 0 Å². The molecule has 1 atom stereocenters. The van der Waals surface area contributed by atoms with Crippen LogP contribution in [0.5, 0.6) is 0 Å². The number of nitrogens with zero attached hydrogens (tertiary/aromatic N) is 1. The van der Waals surface area contributed by atoms with Gasteiger partial charge in [0.25, 0.3) is 0 Å². The lowest BCUT2D eigenvalue weighted by molar-refractivity contribution is -0.138. The van der Waals surface area contributed by atoms with Gasteiger partial charge in [-0.3, -0.25) is 0 Å². The van der Waals surface area contributed by atoms with Gasteiger partial charge in [-0.2, -0.15) is 13.2 Å². The summed E-state index contributed by atoms with van der Waals surface area (Å²) in [6, 6.07) is 3.59. The van der Waals surface area contributed by atoms with E-state index < -0.39 is 11.7 Å². The number of alkyl halides is 3. The highest BCUT2D eigenvalue weighted by atomic mass is 19.4. The Morgan fingerprint density at radius 3 is 2.79 bits per heavy atom. The van der Waals surface area contributed by atoms with Crippen LogP contribution in [0.3, 0.4) is 0 Å². The summed E-state index contributed by atoms with van der Waals surface area (Å²) < 4.78 is 40.0. The monoisotopic (exact) mass is 333 g/mol. The average Bonchev–Trinajstić information content (AvgIpc) is 2.57. The maximum atomic E-state index is 13.3. The van der Waals surface area contributed by atoms with Gasteiger partial charge in [-0.05, 0) is 72.5 Å². The van der Waals surface area contributed by atoms with Crippen molar-refractivity contribution in [3.63, 3.8) is 0 Å². The zero-order valence-electron chi connectivity index (χ0n) is 13.4. The fourth-order valence-corrected chi connectivity index (χ4v) is 3.58. The zero-order valence-corrected chi connectivity index (χ0v) is 13.4. The Hall–Kier alpha value is -2.17. The summed E-state index contributed by atoms with van der Waals surface area (Å²) in [5.41, 5.74) is 2.94. The van der Waals surface area contributed by atoms with E-state index in [0.717, 1.165) is 30.9 Å². The molecule has 0 radical (unpaired) electrons. The molecule has 0 amide bonds. The van der Waals surface area contributed by atoms with Gasteiger partial charge in [0.1, 0.15) is 5.69 Å².